The molecule has 1 aliphatic heterocycles. The van der Waals surface area contributed by atoms with Crippen molar-refractivity contribution < 1.29 is 14.6 Å². The predicted molar refractivity (Wildman–Crippen MR) is 58.8 cm³/mol. The number of morpholine rings is 1. The monoisotopic (exact) mass is 222 g/mol. The Hall–Kier alpha value is -1.62. The molecule has 5 heteroatoms. The van der Waals surface area contributed by atoms with Crippen LogP contribution in [0, 0.1) is 0 Å². The molecular weight excluding hydrogens is 208 g/mol. The van der Waals surface area contributed by atoms with Crippen molar-refractivity contribution in [2.45, 2.75) is 13.0 Å². The largest absolute Gasteiger partial charge is 0.478 e. The Bertz CT molecular complexity index is 377. The van der Waals surface area contributed by atoms with Crippen LogP contribution in [0.1, 0.15) is 17.3 Å². The van der Waals surface area contributed by atoms with Gasteiger partial charge in [-0.1, -0.05) is 0 Å². The van der Waals surface area contributed by atoms with Gasteiger partial charge in [0.1, 0.15) is 5.82 Å². The number of aromatic nitrogens is 1. The third-order valence-electron chi connectivity index (χ3n) is 2.56. The van der Waals surface area contributed by atoms with Crippen LogP contribution in [-0.4, -0.2) is 41.9 Å². The SMILES string of the molecule is CC1CN(c2ccc(C(=O)O)cn2)CCO1. The van der Waals surface area contributed by atoms with Crippen molar-refractivity contribution in [3.8, 4) is 0 Å². The Kier molecular flexibility index (Phi) is 3.05. The summed E-state index contributed by atoms with van der Waals surface area (Å²) in [6, 6.07) is 3.31. The first kappa shape index (κ1) is 10.9. The first-order valence-electron chi connectivity index (χ1n) is 5.22. The average Bonchev–Trinajstić information content (AvgIpc) is 2.29. The van der Waals surface area contributed by atoms with E-state index in [-0.39, 0.29) is 11.7 Å². The van der Waals surface area contributed by atoms with Crippen molar-refractivity contribution in [2.75, 3.05) is 24.6 Å². The number of ether oxygens (including phenoxy) is 1. The zero-order chi connectivity index (χ0) is 11.5. The fourth-order valence-electron chi connectivity index (χ4n) is 1.73. The number of hydrogen-bond donors (Lipinski definition) is 1. The molecule has 1 N–H and O–H groups in total. The van der Waals surface area contributed by atoms with Gasteiger partial charge in [0.2, 0.25) is 0 Å². The van der Waals surface area contributed by atoms with Crippen LogP contribution in [0.25, 0.3) is 0 Å². The highest BCUT2D eigenvalue weighted by atomic mass is 16.5. The maximum atomic E-state index is 10.7. The molecule has 0 aliphatic carbocycles. The van der Waals surface area contributed by atoms with Gasteiger partial charge in [0.15, 0.2) is 0 Å². The second-order valence-electron chi connectivity index (χ2n) is 3.84. The number of hydrogen-bond acceptors (Lipinski definition) is 4. The Morgan fingerprint density at radius 2 is 2.44 bits per heavy atom. The normalized spacial score (nSPS) is 20.8. The van der Waals surface area contributed by atoms with Gasteiger partial charge < -0.3 is 14.7 Å². The van der Waals surface area contributed by atoms with Gasteiger partial charge in [-0.2, -0.15) is 0 Å². The van der Waals surface area contributed by atoms with Gasteiger partial charge in [-0.15, -0.1) is 0 Å². The average molecular weight is 222 g/mol. The van der Waals surface area contributed by atoms with E-state index in [4.69, 9.17) is 9.84 Å². The van der Waals surface area contributed by atoms with E-state index >= 15 is 0 Å². The van der Waals surface area contributed by atoms with E-state index in [2.05, 4.69) is 9.88 Å². The molecule has 0 saturated carbocycles. The smallest absolute Gasteiger partial charge is 0.337 e. The molecule has 0 spiro atoms. The molecule has 1 saturated heterocycles. The van der Waals surface area contributed by atoms with Crippen molar-refractivity contribution >= 4 is 11.8 Å². The molecule has 5 nitrogen and oxygen atoms in total. The topological polar surface area (TPSA) is 62.7 Å². The standard InChI is InChI=1S/C11H14N2O3/c1-8-7-13(4-5-16-8)10-3-2-9(6-12-10)11(14)15/h2-3,6,8H,4-5,7H2,1H3,(H,14,15). The van der Waals surface area contributed by atoms with Gasteiger partial charge in [0, 0.05) is 19.3 Å². The summed E-state index contributed by atoms with van der Waals surface area (Å²) >= 11 is 0. The fourth-order valence-corrected chi connectivity index (χ4v) is 1.73. The number of pyridine rings is 1. The molecule has 0 radical (unpaired) electrons. The molecule has 2 heterocycles. The van der Waals surface area contributed by atoms with Gasteiger partial charge in [0.05, 0.1) is 18.3 Å². The highest BCUT2D eigenvalue weighted by molar-refractivity contribution is 5.87. The van der Waals surface area contributed by atoms with Crippen LogP contribution in [0.2, 0.25) is 0 Å². The number of rotatable bonds is 2. The molecule has 86 valence electrons. The van der Waals surface area contributed by atoms with Gasteiger partial charge >= 0.3 is 5.97 Å². The number of carbonyl (C=O) groups is 1. The third-order valence-corrected chi connectivity index (χ3v) is 2.56. The van der Waals surface area contributed by atoms with E-state index in [0.717, 1.165) is 18.9 Å². The Morgan fingerprint density at radius 3 is 3.00 bits per heavy atom. The molecule has 1 aromatic heterocycles. The van der Waals surface area contributed by atoms with Crippen molar-refractivity contribution in [1.29, 1.82) is 0 Å². The summed E-state index contributed by atoms with van der Waals surface area (Å²) in [5.74, 6) is -0.144. The van der Waals surface area contributed by atoms with E-state index in [9.17, 15) is 4.79 Å². The Labute approximate surface area is 93.7 Å². The summed E-state index contributed by atoms with van der Waals surface area (Å²) in [4.78, 5) is 16.9. The Morgan fingerprint density at radius 1 is 1.62 bits per heavy atom. The van der Waals surface area contributed by atoms with Gasteiger partial charge in [-0.3, -0.25) is 0 Å². The first-order valence-corrected chi connectivity index (χ1v) is 5.22. The van der Waals surface area contributed by atoms with E-state index < -0.39 is 5.97 Å². The highest BCUT2D eigenvalue weighted by Gasteiger charge is 2.17. The predicted octanol–water partition coefficient (Wildman–Crippen LogP) is 1.00. The number of anilines is 1. The second kappa shape index (κ2) is 4.49. The number of carboxylic acid groups (broad SMARTS) is 1. The third kappa shape index (κ3) is 2.30. The number of aromatic carboxylic acids is 1. The Balaban J connectivity index is 2.11. The van der Waals surface area contributed by atoms with Gasteiger partial charge in [-0.05, 0) is 19.1 Å². The van der Waals surface area contributed by atoms with E-state index in [1.54, 1.807) is 12.1 Å². The summed E-state index contributed by atoms with van der Waals surface area (Å²) in [5, 5.41) is 8.75. The summed E-state index contributed by atoms with van der Waals surface area (Å²) in [6.07, 6.45) is 1.58. The molecule has 16 heavy (non-hydrogen) atoms. The molecule has 1 unspecified atom stereocenters. The van der Waals surface area contributed by atoms with Crippen LogP contribution in [-0.2, 0) is 4.74 Å². The maximum absolute atomic E-state index is 10.7. The maximum Gasteiger partial charge on any atom is 0.337 e. The highest BCUT2D eigenvalue weighted by Crippen LogP contribution is 2.15. The van der Waals surface area contributed by atoms with Crippen molar-refractivity contribution in [2.24, 2.45) is 0 Å². The van der Waals surface area contributed by atoms with Crippen molar-refractivity contribution in [3.63, 3.8) is 0 Å². The zero-order valence-electron chi connectivity index (χ0n) is 9.09. The number of nitrogens with zero attached hydrogens (tertiary/aromatic N) is 2. The first-order chi connectivity index (χ1) is 7.66. The summed E-state index contributed by atoms with van der Waals surface area (Å²) in [7, 11) is 0. The molecule has 0 aromatic carbocycles. The quantitative estimate of drug-likeness (QED) is 0.809. The van der Waals surface area contributed by atoms with E-state index in [1.165, 1.54) is 6.20 Å². The van der Waals surface area contributed by atoms with Crippen LogP contribution in [0.5, 0.6) is 0 Å². The van der Waals surface area contributed by atoms with Crippen LogP contribution in [0.3, 0.4) is 0 Å². The lowest BCUT2D eigenvalue weighted by atomic mass is 10.2. The van der Waals surface area contributed by atoms with E-state index in [1.807, 2.05) is 6.92 Å². The summed E-state index contributed by atoms with van der Waals surface area (Å²) in [5.41, 5.74) is 0.213. The minimum Gasteiger partial charge on any atom is -0.478 e. The lowest BCUT2D eigenvalue weighted by Gasteiger charge is -2.31. The lowest BCUT2D eigenvalue weighted by Crippen LogP contribution is -2.41. The van der Waals surface area contributed by atoms with Gasteiger partial charge in [-0.25, -0.2) is 9.78 Å². The molecular formula is C11H14N2O3. The van der Waals surface area contributed by atoms with Crippen molar-refractivity contribution in [3.05, 3.63) is 23.9 Å². The van der Waals surface area contributed by atoms with Crippen LogP contribution in [0.15, 0.2) is 18.3 Å². The molecule has 2 rings (SSSR count). The van der Waals surface area contributed by atoms with Gasteiger partial charge in [0.25, 0.3) is 0 Å². The second-order valence-corrected chi connectivity index (χ2v) is 3.84. The fraction of sp³-hybridized carbons (Fsp3) is 0.455. The molecule has 1 aromatic rings. The number of carboxylic acids is 1. The zero-order valence-corrected chi connectivity index (χ0v) is 9.09. The summed E-state index contributed by atoms with van der Waals surface area (Å²) < 4.78 is 5.43. The van der Waals surface area contributed by atoms with Crippen molar-refractivity contribution in [1.82, 2.24) is 4.98 Å². The van der Waals surface area contributed by atoms with E-state index in [0.29, 0.717) is 6.61 Å². The minimum absolute atomic E-state index is 0.190. The molecule has 1 atom stereocenters. The lowest BCUT2D eigenvalue weighted by molar-refractivity contribution is 0.0529. The van der Waals surface area contributed by atoms with Crippen LogP contribution in [0.4, 0.5) is 5.82 Å². The molecule has 0 amide bonds. The minimum atomic E-state index is -0.950. The molecule has 1 fully saturated rings. The summed E-state index contributed by atoms with van der Waals surface area (Å²) in [6.45, 7) is 4.28. The molecule has 1 aliphatic rings. The van der Waals surface area contributed by atoms with Crippen LogP contribution < -0.4 is 4.90 Å². The van der Waals surface area contributed by atoms with Crippen LogP contribution >= 0.6 is 0 Å². The molecule has 0 bridgehead atoms.